The SMILES string of the molecule is COC(=O)C(CC(C)C)NC(=O)CCCCCCCN. The summed E-state index contributed by atoms with van der Waals surface area (Å²) in [4.78, 5) is 23.4. The minimum absolute atomic E-state index is 0.0696. The van der Waals surface area contributed by atoms with Crippen LogP contribution >= 0.6 is 0 Å². The molecule has 5 heteroatoms. The highest BCUT2D eigenvalue weighted by molar-refractivity contribution is 5.84. The molecule has 0 radical (unpaired) electrons. The van der Waals surface area contributed by atoms with Crippen LogP contribution in [0.25, 0.3) is 0 Å². The van der Waals surface area contributed by atoms with Crippen LogP contribution in [0, 0.1) is 5.92 Å². The van der Waals surface area contributed by atoms with Crippen LogP contribution in [0.4, 0.5) is 0 Å². The van der Waals surface area contributed by atoms with Crippen molar-refractivity contribution < 1.29 is 14.3 Å². The van der Waals surface area contributed by atoms with Crippen LogP contribution < -0.4 is 11.1 Å². The van der Waals surface area contributed by atoms with Crippen molar-refractivity contribution in [1.29, 1.82) is 0 Å². The molecule has 5 nitrogen and oxygen atoms in total. The molecule has 0 aromatic heterocycles. The van der Waals surface area contributed by atoms with Crippen molar-refractivity contribution in [3.05, 3.63) is 0 Å². The summed E-state index contributed by atoms with van der Waals surface area (Å²) in [5.41, 5.74) is 5.42. The van der Waals surface area contributed by atoms with Crippen LogP contribution in [0.5, 0.6) is 0 Å². The van der Waals surface area contributed by atoms with E-state index in [1.807, 2.05) is 13.8 Å². The van der Waals surface area contributed by atoms with Crippen molar-refractivity contribution in [2.45, 2.75) is 64.8 Å². The number of unbranched alkanes of at least 4 members (excludes halogenated alkanes) is 4. The molecule has 20 heavy (non-hydrogen) atoms. The highest BCUT2D eigenvalue weighted by atomic mass is 16.5. The Morgan fingerprint density at radius 2 is 1.70 bits per heavy atom. The maximum atomic E-state index is 11.8. The van der Waals surface area contributed by atoms with E-state index in [1.54, 1.807) is 0 Å². The van der Waals surface area contributed by atoms with Crippen molar-refractivity contribution in [2.75, 3.05) is 13.7 Å². The van der Waals surface area contributed by atoms with Gasteiger partial charge in [0.1, 0.15) is 6.04 Å². The first kappa shape index (κ1) is 18.9. The van der Waals surface area contributed by atoms with Gasteiger partial charge in [-0.2, -0.15) is 0 Å². The summed E-state index contributed by atoms with van der Waals surface area (Å²) in [7, 11) is 1.35. The molecule has 1 atom stereocenters. The Bertz CT molecular complexity index is 280. The number of carbonyl (C=O) groups is 2. The number of hydrogen-bond donors (Lipinski definition) is 2. The van der Waals surface area contributed by atoms with E-state index in [0.717, 1.165) is 38.6 Å². The highest BCUT2D eigenvalue weighted by Gasteiger charge is 2.22. The predicted molar refractivity (Wildman–Crippen MR) is 80.2 cm³/mol. The maximum absolute atomic E-state index is 11.8. The van der Waals surface area contributed by atoms with Gasteiger partial charge in [-0.3, -0.25) is 4.79 Å². The molecule has 0 heterocycles. The summed E-state index contributed by atoms with van der Waals surface area (Å²) in [6, 6.07) is -0.523. The fourth-order valence-electron chi connectivity index (χ4n) is 2.05. The number of methoxy groups -OCH3 is 1. The van der Waals surface area contributed by atoms with Crippen molar-refractivity contribution in [1.82, 2.24) is 5.32 Å². The van der Waals surface area contributed by atoms with Crippen molar-refractivity contribution in [2.24, 2.45) is 11.7 Å². The van der Waals surface area contributed by atoms with Crippen molar-refractivity contribution in [3.63, 3.8) is 0 Å². The lowest BCUT2D eigenvalue weighted by Crippen LogP contribution is -2.42. The minimum atomic E-state index is -0.523. The first-order valence-electron chi connectivity index (χ1n) is 7.58. The van der Waals surface area contributed by atoms with E-state index >= 15 is 0 Å². The molecule has 1 unspecified atom stereocenters. The van der Waals surface area contributed by atoms with Crippen LogP contribution in [0.15, 0.2) is 0 Å². The number of hydrogen-bond acceptors (Lipinski definition) is 4. The Balaban J connectivity index is 3.92. The van der Waals surface area contributed by atoms with Gasteiger partial charge in [-0.25, -0.2) is 4.79 Å². The molecule has 0 aliphatic carbocycles. The van der Waals surface area contributed by atoms with Gasteiger partial charge in [0.05, 0.1) is 7.11 Å². The second kappa shape index (κ2) is 11.7. The van der Waals surface area contributed by atoms with E-state index in [2.05, 4.69) is 5.32 Å². The first-order valence-corrected chi connectivity index (χ1v) is 7.58. The number of nitrogens with two attached hydrogens (primary N) is 1. The number of amides is 1. The Hall–Kier alpha value is -1.10. The minimum Gasteiger partial charge on any atom is -0.467 e. The monoisotopic (exact) mass is 286 g/mol. The molecule has 0 aromatic rings. The van der Waals surface area contributed by atoms with Crippen LogP contribution in [0.2, 0.25) is 0 Å². The topological polar surface area (TPSA) is 81.4 Å². The molecular formula is C15H30N2O3. The van der Waals surface area contributed by atoms with E-state index in [0.29, 0.717) is 18.8 Å². The Labute approximate surface area is 122 Å². The van der Waals surface area contributed by atoms with Crippen LogP contribution in [-0.2, 0) is 14.3 Å². The molecule has 0 aliphatic heterocycles. The zero-order valence-electron chi connectivity index (χ0n) is 13.1. The van der Waals surface area contributed by atoms with Crippen LogP contribution in [0.1, 0.15) is 58.8 Å². The quantitative estimate of drug-likeness (QED) is 0.449. The molecular weight excluding hydrogens is 256 g/mol. The van der Waals surface area contributed by atoms with Gasteiger partial charge in [0.15, 0.2) is 0 Å². The van der Waals surface area contributed by atoms with Gasteiger partial charge in [0.25, 0.3) is 0 Å². The number of esters is 1. The van der Waals surface area contributed by atoms with Gasteiger partial charge in [-0.15, -0.1) is 0 Å². The molecule has 0 bridgehead atoms. The first-order chi connectivity index (χ1) is 9.51. The molecule has 0 aliphatic rings. The lowest BCUT2D eigenvalue weighted by atomic mass is 10.0. The van der Waals surface area contributed by atoms with Crippen LogP contribution in [0.3, 0.4) is 0 Å². The second-order valence-electron chi connectivity index (χ2n) is 5.58. The lowest BCUT2D eigenvalue weighted by Gasteiger charge is -2.18. The normalized spacial score (nSPS) is 12.2. The van der Waals surface area contributed by atoms with Gasteiger partial charge in [-0.05, 0) is 31.7 Å². The fraction of sp³-hybridized carbons (Fsp3) is 0.867. The van der Waals surface area contributed by atoms with E-state index in [4.69, 9.17) is 10.5 Å². The van der Waals surface area contributed by atoms with Crippen LogP contribution in [-0.4, -0.2) is 31.6 Å². The summed E-state index contributed by atoms with van der Waals surface area (Å²) >= 11 is 0. The van der Waals surface area contributed by atoms with Crippen molar-refractivity contribution >= 4 is 11.9 Å². The third-order valence-corrected chi connectivity index (χ3v) is 3.14. The third-order valence-electron chi connectivity index (χ3n) is 3.14. The molecule has 0 aromatic carbocycles. The average Bonchev–Trinajstić information content (AvgIpc) is 2.40. The molecule has 0 spiro atoms. The highest BCUT2D eigenvalue weighted by Crippen LogP contribution is 2.08. The van der Waals surface area contributed by atoms with E-state index in [1.165, 1.54) is 7.11 Å². The zero-order chi connectivity index (χ0) is 15.4. The lowest BCUT2D eigenvalue weighted by molar-refractivity contribution is -0.145. The van der Waals surface area contributed by atoms with Gasteiger partial charge in [0, 0.05) is 6.42 Å². The smallest absolute Gasteiger partial charge is 0.328 e. The fourth-order valence-corrected chi connectivity index (χ4v) is 2.05. The summed E-state index contributed by atoms with van der Waals surface area (Å²) in [5.74, 6) is -0.106. The molecule has 0 rings (SSSR count). The third kappa shape index (κ3) is 9.78. The molecule has 0 saturated carbocycles. The average molecular weight is 286 g/mol. The second-order valence-corrected chi connectivity index (χ2v) is 5.58. The van der Waals surface area contributed by atoms with Gasteiger partial charge in [0.2, 0.25) is 5.91 Å². The molecule has 3 N–H and O–H groups in total. The molecule has 0 saturated heterocycles. The van der Waals surface area contributed by atoms with Gasteiger partial charge >= 0.3 is 5.97 Å². The van der Waals surface area contributed by atoms with Gasteiger partial charge in [-0.1, -0.05) is 33.1 Å². The van der Waals surface area contributed by atoms with E-state index in [-0.39, 0.29) is 11.9 Å². The summed E-state index contributed by atoms with van der Waals surface area (Å²) in [5, 5.41) is 2.77. The number of nitrogens with one attached hydrogen (secondary N) is 1. The van der Waals surface area contributed by atoms with Gasteiger partial charge < -0.3 is 15.8 Å². The van der Waals surface area contributed by atoms with E-state index in [9.17, 15) is 9.59 Å². The van der Waals surface area contributed by atoms with Crippen molar-refractivity contribution in [3.8, 4) is 0 Å². The Kier molecular flexibility index (Phi) is 11.1. The standard InChI is InChI=1S/C15H30N2O3/c1-12(2)11-13(15(19)20-3)17-14(18)9-7-5-4-6-8-10-16/h12-13H,4-11,16H2,1-3H3,(H,17,18). The summed E-state index contributed by atoms with van der Waals surface area (Å²) in [6.07, 6.45) is 6.23. The number of carbonyl (C=O) groups excluding carboxylic acids is 2. The molecule has 1 amide bonds. The zero-order valence-corrected chi connectivity index (χ0v) is 13.1. The number of rotatable bonds is 11. The Morgan fingerprint density at radius 3 is 2.25 bits per heavy atom. The Morgan fingerprint density at radius 1 is 1.10 bits per heavy atom. The molecule has 0 fully saturated rings. The molecule has 118 valence electrons. The summed E-state index contributed by atoms with van der Waals surface area (Å²) < 4.78 is 4.72. The van der Waals surface area contributed by atoms with E-state index < -0.39 is 6.04 Å². The predicted octanol–water partition coefficient (Wildman–Crippen LogP) is 1.99. The summed E-state index contributed by atoms with van der Waals surface area (Å²) in [6.45, 7) is 4.76. The largest absolute Gasteiger partial charge is 0.467 e. The maximum Gasteiger partial charge on any atom is 0.328 e. The number of ether oxygens (including phenoxy) is 1.